The van der Waals surface area contributed by atoms with E-state index in [1.807, 2.05) is 109 Å². The van der Waals surface area contributed by atoms with Crippen LogP contribution in [-0.2, 0) is 30.3 Å². The fourth-order valence-electron chi connectivity index (χ4n) is 5.19. The predicted molar refractivity (Wildman–Crippen MR) is 146 cm³/mol. The summed E-state index contributed by atoms with van der Waals surface area (Å²) in [6.07, 6.45) is -1.89. The second kappa shape index (κ2) is 11.4. The zero-order valence-corrected chi connectivity index (χ0v) is 21.6. The van der Waals surface area contributed by atoms with E-state index in [9.17, 15) is 14.4 Å². The van der Waals surface area contributed by atoms with Crippen molar-refractivity contribution in [2.24, 2.45) is 0 Å². The van der Waals surface area contributed by atoms with E-state index in [1.165, 1.54) is 11.8 Å². The van der Waals surface area contributed by atoms with Crippen LogP contribution in [0.5, 0.6) is 0 Å². The third-order valence-electron chi connectivity index (χ3n) is 6.95. The molecule has 5 rings (SSSR count). The minimum atomic E-state index is -1.58. The maximum Gasteiger partial charge on any atom is 0.335 e. The van der Waals surface area contributed by atoms with Crippen molar-refractivity contribution in [3.8, 4) is 0 Å². The van der Waals surface area contributed by atoms with Crippen LogP contribution in [0.4, 0.5) is 0 Å². The summed E-state index contributed by atoms with van der Waals surface area (Å²) in [7, 11) is 0. The summed E-state index contributed by atoms with van der Waals surface area (Å²) in [5, 5.41) is 0. The van der Waals surface area contributed by atoms with Crippen LogP contribution in [0.25, 0.3) is 0 Å². The number of benzene rings is 4. The molecule has 1 saturated heterocycles. The number of hydrogen-bond donors (Lipinski definition) is 0. The zero-order valence-electron chi connectivity index (χ0n) is 21.6. The number of hydrogen-bond acceptors (Lipinski definition) is 5. The normalized spacial score (nSPS) is 18.6. The molecule has 1 aliphatic heterocycles. The minimum absolute atomic E-state index is 0.103. The first-order valence-corrected chi connectivity index (χ1v) is 12.9. The van der Waals surface area contributed by atoms with Crippen LogP contribution < -0.4 is 0 Å². The van der Waals surface area contributed by atoms with Gasteiger partial charge in [-0.25, -0.2) is 4.79 Å². The van der Waals surface area contributed by atoms with Gasteiger partial charge in [-0.3, -0.25) is 14.5 Å². The lowest BCUT2D eigenvalue weighted by molar-refractivity contribution is -0.156. The van der Waals surface area contributed by atoms with Crippen molar-refractivity contribution in [2.75, 3.05) is 0 Å². The molecule has 0 radical (unpaired) electrons. The molecule has 0 aliphatic carbocycles. The molecule has 0 saturated carbocycles. The summed E-state index contributed by atoms with van der Waals surface area (Å²) >= 11 is 0. The molecular formula is C33H29NO5. The SMILES string of the molecule is CC(=O)N1[C@H](c2ccccc2)OC(=O)[C@]1(CC(=O)OC(c1ccccc1)c1ccccc1)Cc1ccccc1. The fourth-order valence-corrected chi connectivity index (χ4v) is 5.19. The van der Waals surface area contributed by atoms with Gasteiger partial charge in [0.25, 0.3) is 0 Å². The van der Waals surface area contributed by atoms with Crippen molar-refractivity contribution < 1.29 is 23.9 Å². The van der Waals surface area contributed by atoms with Gasteiger partial charge in [-0.05, 0) is 16.7 Å². The summed E-state index contributed by atoms with van der Waals surface area (Å²) in [6.45, 7) is 1.39. The molecule has 1 heterocycles. The standard InChI is InChI=1S/C33H29NO5/c1-24(35)34-31(28-20-12-5-13-21-28)39-32(37)33(34,22-25-14-6-2-7-15-25)23-29(36)38-30(26-16-8-3-9-17-26)27-18-10-4-11-19-27/h2-21,30-31H,22-23H2,1H3/t31-,33+/m0/s1. The van der Waals surface area contributed by atoms with E-state index in [0.717, 1.165) is 16.7 Å². The summed E-state index contributed by atoms with van der Waals surface area (Å²) in [6, 6.07) is 37.3. The number of ether oxygens (including phenoxy) is 2. The summed E-state index contributed by atoms with van der Waals surface area (Å²) in [5.74, 6) is -1.62. The molecule has 4 aromatic carbocycles. The lowest BCUT2D eigenvalue weighted by atomic mass is 9.85. The molecule has 0 bridgehead atoms. The average molecular weight is 520 g/mol. The lowest BCUT2D eigenvalue weighted by Crippen LogP contribution is -2.54. The molecule has 0 unspecified atom stereocenters. The van der Waals surface area contributed by atoms with Gasteiger partial charge in [0, 0.05) is 18.9 Å². The number of cyclic esters (lactones) is 1. The van der Waals surface area contributed by atoms with E-state index in [1.54, 1.807) is 12.1 Å². The van der Waals surface area contributed by atoms with E-state index in [2.05, 4.69) is 0 Å². The maximum atomic E-state index is 13.7. The molecule has 0 aromatic heterocycles. The van der Waals surface area contributed by atoms with Gasteiger partial charge >= 0.3 is 11.9 Å². The third-order valence-corrected chi connectivity index (χ3v) is 6.95. The highest BCUT2D eigenvalue weighted by atomic mass is 16.6. The molecule has 0 N–H and O–H groups in total. The Bertz CT molecular complexity index is 1390. The third kappa shape index (κ3) is 5.46. The molecule has 1 fully saturated rings. The Morgan fingerprint density at radius 3 is 1.79 bits per heavy atom. The number of rotatable bonds is 8. The van der Waals surface area contributed by atoms with Gasteiger partial charge in [-0.15, -0.1) is 0 Å². The number of amides is 1. The number of esters is 2. The Kier molecular flexibility index (Phi) is 7.55. The largest absolute Gasteiger partial charge is 0.452 e. The molecule has 0 spiro atoms. The lowest BCUT2D eigenvalue weighted by Gasteiger charge is -2.35. The van der Waals surface area contributed by atoms with Crippen LogP contribution in [0, 0.1) is 0 Å². The highest BCUT2D eigenvalue weighted by Crippen LogP contribution is 2.43. The topological polar surface area (TPSA) is 72.9 Å². The van der Waals surface area contributed by atoms with E-state index in [4.69, 9.17) is 9.47 Å². The zero-order chi connectivity index (χ0) is 27.2. The van der Waals surface area contributed by atoms with Crippen molar-refractivity contribution in [2.45, 2.75) is 37.6 Å². The Hall–Kier alpha value is -4.71. The first-order chi connectivity index (χ1) is 19.0. The van der Waals surface area contributed by atoms with Crippen LogP contribution in [-0.4, -0.2) is 28.3 Å². The minimum Gasteiger partial charge on any atom is -0.452 e. The second-order valence-corrected chi connectivity index (χ2v) is 9.62. The Labute approximate surface area is 227 Å². The van der Waals surface area contributed by atoms with Gasteiger partial charge in [0.2, 0.25) is 12.1 Å². The van der Waals surface area contributed by atoms with Crippen molar-refractivity contribution in [1.82, 2.24) is 4.90 Å². The van der Waals surface area contributed by atoms with Gasteiger partial charge in [-0.2, -0.15) is 0 Å². The van der Waals surface area contributed by atoms with Gasteiger partial charge in [0.1, 0.15) is 0 Å². The molecule has 196 valence electrons. The van der Waals surface area contributed by atoms with Crippen LogP contribution in [0.2, 0.25) is 0 Å². The van der Waals surface area contributed by atoms with Crippen molar-refractivity contribution >= 4 is 17.8 Å². The van der Waals surface area contributed by atoms with Crippen LogP contribution in [0.1, 0.15) is 47.9 Å². The number of carbonyl (C=O) groups is 3. The Morgan fingerprint density at radius 1 is 0.795 bits per heavy atom. The fraction of sp³-hybridized carbons (Fsp3) is 0.182. The van der Waals surface area contributed by atoms with Crippen molar-refractivity contribution in [3.63, 3.8) is 0 Å². The van der Waals surface area contributed by atoms with Crippen LogP contribution >= 0.6 is 0 Å². The second-order valence-electron chi connectivity index (χ2n) is 9.62. The van der Waals surface area contributed by atoms with E-state index in [-0.39, 0.29) is 18.7 Å². The average Bonchev–Trinajstić information content (AvgIpc) is 3.25. The Morgan fingerprint density at radius 2 is 1.28 bits per heavy atom. The highest BCUT2D eigenvalue weighted by molar-refractivity contribution is 5.94. The van der Waals surface area contributed by atoms with Gasteiger partial charge in [-0.1, -0.05) is 121 Å². The highest BCUT2D eigenvalue weighted by Gasteiger charge is 2.58. The molecule has 6 nitrogen and oxygen atoms in total. The molecule has 1 amide bonds. The maximum absolute atomic E-state index is 13.7. The van der Waals surface area contributed by atoms with E-state index >= 15 is 0 Å². The van der Waals surface area contributed by atoms with Gasteiger partial charge < -0.3 is 9.47 Å². The molecule has 39 heavy (non-hydrogen) atoms. The molecule has 2 atom stereocenters. The molecule has 1 aliphatic rings. The monoisotopic (exact) mass is 519 g/mol. The summed E-state index contributed by atoms with van der Waals surface area (Å²) < 4.78 is 11.9. The van der Waals surface area contributed by atoms with Crippen molar-refractivity contribution in [1.29, 1.82) is 0 Å². The molecular weight excluding hydrogens is 490 g/mol. The van der Waals surface area contributed by atoms with E-state index in [0.29, 0.717) is 5.56 Å². The summed E-state index contributed by atoms with van der Waals surface area (Å²) in [5.41, 5.74) is 1.46. The first kappa shape index (κ1) is 25.9. The predicted octanol–water partition coefficient (Wildman–Crippen LogP) is 5.79. The smallest absolute Gasteiger partial charge is 0.335 e. The number of nitrogens with zero attached hydrogens (tertiary/aromatic N) is 1. The Balaban J connectivity index is 1.53. The quantitative estimate of drug-likeness (QED) is 0.275. The van der Waals surface area contributed by atoms with Crippen LogP contribution in [0.3, 0.4) is 0 Å². The summed E-state index contributed by atoms with van der Waals surface area (Å²) in [4.78, 5) is 42.0. The van der Waals surface area contributed by atoms with Crippen molar-refractivity contribution in [3.05, 3.63) is 144 Å². The molecule has 4 aromatic rings. The van der Waals surface area contributed by atoms with Crippen LogP contribution in [0.15, 0.2) is 121 Å². The molecule has 6 heteroatoms. The number of carbonyl (C=O) groups excluding carboxylic acids is 3. The van der Waals surface area contributed by atoms with E-state index < -0.39 is 29.8 Å². The van der Waals surface area contributed by atoms with Gasteiger partial charge in [0.05, 0.1) is 6.42 Å². The first-order valence-electron chi connectivity index (χ1n) is 12.9. The van der Waals surface area contributed by atoms with Gasteiger partial charge in [0.15, 0.2) is 11.6 Å².